The lowest BCUT2D eigenvalue weighted by Gasteiger charge is -2.18. The molecule has 1 N–H and O–H groups in total. The molecule has 1 heterocycles. The molecule has 0 radical (unpaired) electrons. The highest BCUT2D eigenvalue weighted by atomic mass is 79.9. The molecule has 0 aliphatic heterocycles. The van der Waals surface area contributed by atoms with Gasteiger partial charge in [0.15, 0.2) is 0 Å². The molecule has 2 rings (SSSR count). The average Bonchev–Trinajstić information content (AvgIpc) is 2.82. The summed E-state index contributed by atoms with van der Waals surface area (Å²) >= 11 is 5.43. The van der Waals surface area contributed by atoms with Gasteiger partial charge in [0.05, 0.1) is 6.04 Å². The van der Waals surface area contributed by atoms with E-state index in [2.05, 4.69) is 70.8 Å². The summed E-state index contributed by atoms with van der Waals surface area (Å²) in [5.74, 6) is 0. The Labute approximate surface area is 121 Å². The fourth-order valence-corrected chi connectivity index (χ4v) is 3.73. The van der Waals surface area contributed by atoms with Gasteiger partial charge in [-0.05, 0) is 51.5 Å². The van der Waals surface area contributed by atoms with E-state index in [0.717, 1.165) is 13.0 Å². The summed E-state index contributed by atoms with van der Waals surface area (Å²) in [6.07, 6.45) is 1.09. The van der Waals surface area contributed by atoms with Crippen LogP contribution in [0.3, 0.4) is 0 Å². The van der Waals surface area contributed by atoms with Gasteiger partial charge in [0.25, 0.3) is 0 Å². The van der Waals surface area contributed by atoms with Gasteiger partial charge in [0, 0.05) is 9.35 Å². The molecule has 0 fully saturated rings. The number of nitrogens with one attached hydrogen (secondary N) is 1. The zero-order valence-corrected chi connectivity index (χ0v) is 13.1. The lowest BCUT2D eigenvalue weighted by atomic mass is 10.0. The molecule has 18 heavy (non-hydrogen) atoms. The van der Waals surface area contributed by atoms with Gasteiger partial charge < -0.3 is 5.32 Å². The lowest BCUT2D eigenvalue weighted by Crippen LogP contribution is -2.21. The van der Waals surface area contributed by atoms with Crippen molar-refractivity contribution in [2.24, 2.45) is 0 Å². The van der Waals surface area contributed by atoms with Crippen LogP contribution in [0, 0.1) is 0 Å². The van der Waals surface area contributed by atoms with E-state index >= 15 is 0 Å². The number of hydrogen-bond acceptors (Lipinski definition) is 2. The Morgan fingerprint density at radius 3 is 2.39 bits per heavy atom. The van der Waals surface area contributed by atoms with Crippen molar-refractivity contribution in [3.8, 4) is 0 Å². The van der Waals surface area contributed by atoms with Crippen LogP contribution in [-0.4, -0.2) is 6.54 Å². The van der Waals surface area contributed by atoms with Gasteiger partial charge in [-0.1, -0.05) is 38.1 Å². The second-order valence-electron chi connectivity index (χ2n) is 4.22. The third-order valence-corrected chi connectivity index (χ3v) is 4.97. The quantitative estimate of drug-likeness (QED) is 0.835. The summed E-state index contributed by atoms with van der Waals surface area (Å²) in [5.41, 5.74) is 2.72. The van der Waals surface area contributed by atoms with Gasteiger partial charge in [-0.25, -0.2) is 0 Å². The first-order chi connectivity index (χ1) is 8.76. The van der Waals surface area contributed by atoms with Gasteiger partial charge in [-0.15, -0.1) is 11.3 Å². The first kappa shape index (κ1) is 13.8. The molecule has 0 saturated carbocycles. The molecule has 1 unspecified atom stereocenters. The van der Waals surface area contributed by atoms with E-state index in [0.29, 0.717) is 0 Å². The number of aryl methyl sites for hydroxylation is 1. The normalized spacial score (nSPS) is 12.6. The minimum absolute atomic E-state index is 0.287. The average molecular weight is 324 g/mol. The predicted molar refractivity (Wildman–Crippen MR) is 83.4 cm³/mol. The predicted octanol–water partition coefficient (Wildman–Crippen LogP) is 4.77. The van der Waals surface area contributed by atoms with Crippen LogP contribution in [0.15, 0.2) is 40.2 Å². The first-order valence-corrected chi connectivity index (χ1v) is 7.98. The number of hydrogen-bond donors (Lipinski definition) is 1. The van der Waals surface area contributed by atoms with E-state index < -0.39 is 0 Å². The molecule has 1 nitrogen and oxygen atoms in total. The van der Waals surface area contributed by atoms with Gasteiger partial charge in [-0.2, -0.15) is 0 Å². The maximum Gasteiger partial charge on any atom is 0.0682 e. The second-order valence-corrected chi connectivity index (χ2v) is 6.02. The monoisotopic (exact) mass is 323 g/mol. The summed E-state index contributed by atoms with van der Waals surface area (Å²) in [7, 11) is 0. The molecule has 0 aliphatic rings. The minimum atomic E-state index is 0.287. The SMILES string of the molecule is CCNC(c1ccc(CC)cc1)c1sccc1Br. The van der Waals surface area contributed by atoms with Crippen molar-refractivity contribution in [1.29, 1.82) is 0 Å². The fourth-order valence-electron chi connectivity index (χ4n) is 2.02. The van der Waals surface area contributed by atoms with Crippen molar-refractivity contribution < 1.29 is 0 Å². The molecule has 96 valence electrons. The molecule has 1 aromatic heterocycles. The standard InChI is InChI=1S/C15H18BrNS/c1-3-11-5-7-12(8-6-11)14(17-4-2)15-13(16)9-10-18-15/h5-10,14,17H,3-4H2,1-2H3. The molecule has 3 heteroatoms. The smallest absolute Gasteiger partial charge is 0.0682 e. The van der Waals surface area contributed by atoms with Gasteiger partial charge >= 0.3 is 0 Å². The maximum absolute atomic E-state index is 3.63. The highest BCUT2D eigenvalue weighted by Gasteiger charge is 2.16. The van der Waals surface area contributed by atoms with Crippen LogP contribution in [-0.2, 0) is 6.42 Å². The molecular weight excluding hydrogens is 306 g/mol. The molecule has 2 aromatic rings. The Kier molecular flexibility index (Phi) is 4.98. The van der Waals surface area contributed by atoms with E-state index in [1.807, 2.05) is 0 Å². The Morgan fingerprint density at radius 2 is 1.89 bits per heavy atom. The van der Waals surface area contributed by atoms with Gasteiger partial charge in [0.2, 0.25) is 0 Å². The molecule has 0 saturated heterocycles. The molecule has 1 aromatic carbocycles. The van der Waals surface area contributed by atoms with Crippen molar-refractivity contribution >= 4 is 27.3 Å². The van der Waals surface area contributed by atoms with Crippen LogP contribution < -0.4 is 5.32 Å². The third-order valence-electron chi connectivity index (χ3n) is 3.04. The largest absolute Gasteiger partial charge is 0.306 e. The van der Waals surface area contributed by atoms with Crippen molar-refractivity contribution in [1.82, 2.24) is 5.32 Å². The van der Waals surface area contributed by atoms with E-state index in [4.69, 9.17) is 0 Å². The first-order valence-electron chi connectivity index (χ1n) is 6.31. The van der Waals surface area contributed by atoms with Crippen LogP contribution in [0.25, 0.3) is 0 Å². The van der Waals surface area contributed by atoms with Gasteiger partial charge in [0.1, 0.15) is 0 Å². The van der Waals surface area contributed by atoms with E-state index in [1.165, 1.54) is 20.5 Å². The Morgan fingerprint density at radius 1 is 1.17 bits per heavy atom. The number of benzene rings is 1. The van der Waals surface area contributed by atoms with E-state index in [9.17, 15) is 0 Å². The van der Waals surface area contributed by atoms with Crippen molar-refractivity contribution in [3.63, 3.8) is 0 Å². The molecular formula is C15H18BrNS. The van der Waals surface area contributed by atoms with Crippen LogP contribution in [0.5, 0.6) is 0 Å². The molecule has 1 atom stereocenters. The summed E-state index contributed by atoms with van der Waals surface area (Å²) in [5, 5.41) is 5.69. The second kappa shape index (κ2) is 6.50. The molecule has 0 bridgehead atoms. The summed E-state index contributed by atoms with van der Waals surface area (Å²) in [4.78, 5) is 1.35. The van der Waals surface area contributed by atoms with Crippen molar-refractivity contribution in [2.75, 3.05) is 6.54 Å². The zero-order chi connectivity index (χ0) is 13.0. The highest BCUT2D eigenvalue weighted by Crippen LogP contribution is 2.33. The number of rotatable bonds is 5. The minimum Gasteiger partial charge on any atom is -0.306 e. The van der Waals surface area contributed by atoms with E-state index in [1.54, 1.807) is 11.3 Å². The van der Waals surface area contributed by atoms with E-state index in [-0.39, 0.29) is 6.04 Å². The fraction of sp³-hybridized carbons (Fsp3) is 0.333. The number of thiophene rings is 1. The zero-order valence-electron chi connectivity index (χ0n) is 10.7. The van der Waals surface area contributed by atoms with Gasteiger partial charge in [-0.3, -0.25) is 0 Å². The molecule has 0 spiro atoms. The van der Waals surface area contributed by atoms with Crippen LogP contribution >= 0.6 is 27.3 Å². The Balaban J connectivity index is 2.32. The topological polar surface area (TPSA) is 12.0 Å². The van der Waals surface area contributed by atoms with Crippen molar-refractivity contribution in [3.05, 3.63) is 56.2 Å². The number of halogens is 1. The third kappa shape index (κ3) is 3.02. The van der Waals surface area contributed by atoms with Crippen LogP contribution in [0.1, 0.15) is 35.9 Å². The van der Waals surface area contributed by atoms with Crippen LogP contribution in [0.4, 0.5) is 0 Å². The molecule has 0 aliphatic carbocycles. The lowest BCUT2D eigenvalue weighted by molar-refractivity contribution is 0.638. The Hall–Kier alpha value is -0.640. The van der Waals surface area contributed by atoms with Crippen LogP contribution in [0.2, 0.25) is 0 Å². The summed E-state index contributed by atoms with van der Waals surface area (Å²) in [6.45, 7) is 5.30. The Bertz CT molecular complexity index is 489. The highest BCUT2D eigenvalue weighted by molar-refractivity contribution is 9.10. The van der Waals surface area contributed by atoms with Crippen molar-refractivity contribution in [2.45, 2.75) is 26.3 Å². The maximum atomic E-state index is 3.63. The summed E-state index contributed by atoms with van der Waals surface area (Å²) in [6, 6.07) is 11.3. The summed E-state index contributed by atoms with van der Waals surface area (Å²) < 4.78 is 1.19. The molecule has 0 amide bonds.